The summed E-state index contributed by atoms with van der Waals surface area (Å²) in [6.45, 7) is 4.57. The summed E-state index contributed by atoms with van der Waals surface area (Å²) in [6, 6.07) is 19.7. The maximum atomic E-state index is 2.36. The Bertz CT molecular complexity index is 468. The minimum Gasteiger partial charge on any atom is -0.0628 e. The molecule has 0 aromatic heterocycles. The van der Waals surface area contributed by atoms with Crippen molar-refractivity contribution in [1.82, 2.24) is 0 Å². The zero-order valence-corrected chi connectivity index (χ0v) is 11.4. The molecule has 0 fully saturated rings. The standard InChI is InChI=1S/C18H22/c1-15(2)11-12-17-9-6-10-18(14-17)13-16-7-4-3-5-8-16/h3-10,14-15H,11-13H2,1-2H3. The molecule has 0 N–H and O–H groups in total. The molecule has 0 radical (unpaired) electrons. The molecule has 0 heteroatoms. The molecule has 0 aliphatic heterocycles. The Morgan fingerprint density at radius 1 is 0.778 bits per heavy atom. The van der Waals surface area contributed by atoms with Crippen molar-refractivity contribution in [3.8, 4) is 0 Å². The van der Waals surface area contributed by atoms with E-state index in [1.807, 2.05) is 0 Å². The van der Waals surface area contributed by atoms with Crippen molar-refractivity contribution in [3.05, 3.63) is 71.3 Å². The van der Waals surface area contributed by atoms with Crippen molar-refractivity contribution < 1.29 is 0 Å². The first kappa shape index (κ1) is 12.9. The van der Waals surface area contributed by atoms with Gasteiger partial charge in [0.1, 0.15) is 0 Å². The molecule has 0 amide bonds. The van der Waals surface area contributed by atoms with Crippen LogP contribution in [0.4, 0.5) is 0 Å². The van der Waals surface area contributed by atoms with E-state index in [1.54, 1.807) is 0 Å². The Labute approximate surface area is 111 Å². The van der Waals surface area contributed by atoms with E-state index in [2.05, 4.69) is 68.4 Å². The third kappa shape index (κ3) is 4.03. The highest BCUT2D eigenvalue weighted by Gasteiger charge is 2.00. The monoisotopic (exact) mass is 238 g/mol. The number of aryl methyl sites for hydroxylation is 1. The van der Waals surface area contributed by atoms with Crippen LogP contribution in [0, 0.1) is 5.92 Å². The Hall–Kier alpha value is -1.56. The van der Waals surface area contributed by atoms with E-state index in [4.69, 9.17) is 0 Å². The Morgan fingerprint density at radius 3 is 2.17 bits per heavy atom. The van der Waals surface area contributed by atoms with Crippen LogP contribution in [-0.4, -0.2) is 0 Å². The van der Waals surface area contributed by atoms with E-state index in [0.717, 1.165) is 12.3 Å². The van der Waals surface area contributed by atoms with Crippen LogP contribution in [-0.2, 0) is 12.8 Å². The van der Waals surface area contributed by atoms with E-state index in [0.29, 0.717) is 0 Å². The molecule has 2 aromatic rings. The predicted octanol–water partition coefficient (Wildman–Crippen LogP) is 4.87. The molecule has 0 heterocycles. The average molecular weight is 238 g/mol. The van der Waals surface area contributed by atoms with Gasteiger partial charge in [-0.3, -0.25) is 0 Å². The van der Waals surface area contributed by atoms with Crippen LogP contribution < -0.4 is 0 Å². The lowest BCUT2D eigenvalue weighted by atomic mass is 9.98. The highest BCUT2D eigenvalue weighted by atomic mass is 14.1. The Kier molecular flexibility index (Phi) is 4.58. The summed E-state index contributed by atoms with van der Waals surface area (Å²) in [5.41, 5.74) is 4.28. The largest absolute Gasteiger partial charge is 0.0628 e. The van der Waals surface area contributed by atoms with Crippen molar-refractivity contribution in [2.45, 2.75) is 33.1 Å². The van der Waals surface area contributed by atoms with Gasteiger partial charge in [-0.05, 0) is 41.9 Å². The van der Waals surface area contributed by atoms with Gasteiger partial charge in [-0.15, -0.1) is 0 Å². The fraction of sp³-hybridized carbons (Fsp3) is 0.333. The smallest absolute Gasteiger partial charge is 0.00257 e. The number of rotatable bonds is 5. The average Bonchev–Trinajstić information content (AvgIpc) is 2.38. The van der Waals surface area contributed by atoms with Gasteiger partial charge >= 0.3 is 0 Å². The van der Waals surface area contributed by atoms with Crippen LogP contribution in [0.25, 0.3) is 0 Å². The van der Waals surface area contributed by atoms with Crippen molar-refractivity contribution in [1.29, 1.82) is 0 Å². The van der Waals surface area contributed by atoms with Crippen LogP contribution in [0.15, 0.2) is 54.6 Å². The first-order valence-electron chi connectivity index (χ1n) is 6.86. The van der Waals surface area contributed by atoms with Gasteiger partial charge in [0.05, 0.1) is 0 Å². The Balaban J connectivity index is 2.03. The molecule has 0 unspecified atom stereocenters. The first-order chi connectivity index (χ1) is 8.74. The molecule has 0 bridgehead atoms. The third-order valence-corrected chi connectivity index (χ3v) is 3.25. The van der Waals surface area contributed by atoms with Crippen molar-refractivity contribution >= 4 is 0 Å². The quantitative estimate of drug-likeness (QED) is 0.697. The summed E-state index contributed by atoms with van der Waals surface area (Å²) < 4.78 is 0. The summed E-state index contributed by atoms with van der Waals surface area (Å²) in [4.78, 5) is 0. The molecule has 0 saturated carbocycles. The lowest BCUT2D eigenvalue weighted by Gasteiger charge is -2.07. The molecule has 94 valence electrons. The minimum absolute atomic E-state index is 0.780. The molecule has 0 aliphatic carbocycles. The van der Waals surface area contributed by atoms with Gasteiger partial charge in [-0.25, -0.2) is 0 Å². The predicted molar refractivity (Wildman–Crippen MR) is 78.8 cm³/mol. The first-order valence-corrected chi connectivity index (χ1v) is 6.86. The molecule has 2 aromatic carbocycles. The molecular weight excluding hydrogens is 216 g/mol. The zero-order valence-electron chi connectivity index (χ0n) is 11.4. The summed E-state index contributed by atoms with van der Waals surface area (Å²) in [5, 5.41) is 0. The SMILES string of the molecule is CC(C)CCc1cccc(Cc2ccccc2)c1. The highest BCUT2D eigenvalue weighted by Crippen LogP contribution is 2.14. The molecule has 0 atom stereocenters. The van der Waals surface area contributed by atoms with Crippen LogP contribution in [0.2, 0.25) is 0 Å². The molecule has 0 saturated heterocycles. The van der Waals surface area contributed by atoms with Gasteiger partial charge in [-0.2, -0.15) is 0 Å². The second-order valence-corrected chi connectivity index (χ2v) is 5.41. The van der Waals surface area contributed by atoms with E-state index in [1.165, 1.54) is 29.5 Å². The highest BCUT2D eigenvalue weighted by molar-refractivity contribution is 5.29. The summed E-state index contributed by atoms with van der Waals surface area (Å²) in [5.74, 6) is 0.780. The van der Waals surface area contributed by atoms with E-state index < -0.39 is 0 Å². The lowest BCUT2D eigenvalue weighted by Crippen LogP contribution is -1.94. The van der Waals surface area contributed by atoms with Crippen molar-refractivity contribution in [3.63, 3.8) is 0 Å². The normalized spacial score (nSPS) is 10.8. The fourth-order valence-corrected chi connectivity index (χ4v) is 2.18. The van der Waals surface area contributed by atoms with Crippen molar-refractivity contribution in [2.75, 3.05) is 0 Å². The maximum absolute atomic E-state index is 2.36. The third-order valence-electron chi connectivity index (χ3n) is 3.25. The molecule has 0 spiro atoms. The molecule has 18 heavy (non-hydrogen) atoms. The number of hydrogen-bond acceptors (Lipinski definition) is 0. The van der Waals surface area contributed by atoms with E-state index in [-0.39, 0.29) is 0 Å². The summed E-state index contributed by atoms with van der Waals surface area (Å²) >= 11 is 0. The van der Waals surface area contributed by atoms with Gasteiger partial charge in [0.2, 0.25) is 0 Å². The van der Waals surface area contributed by atoms with Gasteiger partial charge in [0.25, 0.3) is 0 Å². The summed E-state index contributed by atoms with van der Waals surface area (Å²) in [7, 11) is 0. The van der Waals surface area contributed by atoms with Crippen LogP contribution >= 0.6 is 0 Å². The number of hydrogen-bond donors (Lipinski definition) is 0. The van der Waals surface area contributed by atoms with Gasteiger partial charge in [0.15, 0.2) is 0 Å². The van der Waals surface area contributed by atoms with Gasteiger partial charge in [0, 0.05) is 0 Å². The molecule has 0 nitrogen and oxygen atoms in total. The van der Waals surface area contributed by atoms with E-state index in [9.17, 15) is 0 Å². The topological polar surface area (TPSA) is 0 Å². The molecule has 2 rings (SSSR count). The second kappa shape index (κ2) is 6.39. The van der Waals surface area contributed by atoms with Crippen molar-refractivity contribution in [2.24, 2.45) is 5.92 Å². The Morgan fingerprint density at radius 2 is 1.44 bits per heavy atom. The van der Waals surface area contributed by atoms with Crippen LogP contribution in [0.3, 0.4) is 0 Å². The van der Waals surface area contributed by atoms with Gasteiger partial charge < -0.3 is 0 Å². The molecular formula is C18H22. The van der Waals surface area contributed by atoms with Crippen LogP contribution in [0.1, 0.15) is 37.0 Å². The zero-order chi connectivity index (χ0) is 12.8. The van der Waals surface area contributed by atoms with Gasteiger partial charge in [-0.1, -0.05) is 68.4 Å². The fourth-order valence-electron chi connectivity index (χ4n) is 2.18. The molecule has 0 aliphatic rings. The minimum atomic E-state index is 0.780. The van der Waals surface area contributed by atoms with E-state index >= 15 is 0 Å². The lowest BCUT2D eigenvalue weighted by molar-refractivity contribution is 0.586. The second-order valence-electron chi connectivity index (χ2n) is 5.41. The summed E-state index contributed by atoms with van der Waals surface area (Å²) in [6.07, 6.45) is 3.51. The maximum Gasteiger partial charge on any atom is -0.00257 e. The number of benzene rings is 2. The van der Waals surface area contributed by atoms with Crippen LogP contribution in [0.5, 0.6) is 0 Å².